The second kappa shape index (κ2) is 4.62. The molecule has 0 heterocycles. The number of hydrogen-bond acceptors (Lipinski definition) is 1. The van der Waals surface area contributed by atoms with Crippen molar-refractivity contribution in [2.75, 3.05) is 14.1 Å². The van der Waals surface area contributed by atoms with Crippen molar-refractivity contribution in [3.05, 3.63) is 35.1 Å². The van der Waals surface area contributed by atoms with E-state index in [-0.39, 0.29) is 11.7 Å². The number of carbonyl (C=O) groups is 1. The van der Waals surface area contributed by atoms with Crippen molar-refractivity contribution in [2.24, 2.45) is 0 Å². The molecule has 1 unspecified atom stereocenters. The van der Waals surface area contributed by atoms with Gasteiger partial charge in [-0.3, -0.25) is 4.79 Å². The van der Waals surface area contributed by atoms with Crippen molar-refractivity contribution in [2.45, 2.75) is 12.3 Å². The molecule has 0 radical (unpaired) electrons. The van der Waals surface area contributed by atoms with Crippen LogP contribution in [0.4, 0.5) is 4.39 Å². The van der Waals surface area contributed by atoms with Crippen LogP contribution in [0.3, 0.4) is 0 Å². The summed E-state index contributed by atoms with van der Waals surface area (Å²) in [4.78, 5) is 13.0. The molecule has 0 saturated heterocycles. The van der Waals surface area contributed by atoms with E-state index in [2.05, 4.69) is 0 Å². The van der Waals surface area contributed by atoms with E-state index in [1.807, 2.05) is 0 Å². The van der Waals surface area contributed by atoms with Crippen LogP contribution in [0.1, 0.15) is 16.5 Å². The highest BCUT2D eigenvalue weighted by Crippen LogP contribution is 2.25. The van der Waals surface area contributed by atoms with Crippen LogP contribution in [0, 0.1) is 12.7 Å². The highest BCUT2D eigenvalue weighted by atomic mass is 35.5. The number of carbonyl (C=O) groups excluding carboxylic acids is 1. The van der Waals surface area contributed by atoms with Crippen LogP contribution in [-0.4, -0.2) is 24.9 Å². The second-order valence-corrected chi connectivity index (χ2v) is 4.03. The minimum atomic E-state index is -0.749. The number of hydrogen-bond donors (Lipinski definition) is 0. The summed E-state index contributed by atoms with van der Waals surface area (Å²) < 4.78 is 12.8. The van der Waals surface area contributed by atoms with Gasteiger partial charge < -0.3 is 4.90 Å². The molecule has 1 aromatic carbocycles. The summed E-state index contributed by atoms with van der Waals surface area (Å²) in [6.45, 7) is 1.73. The van der Waals surface area contributed by atoms with Gasteiger partial charge in [0, 0.05) is 14.1 Å². The van der Waals surface area contributed by atoms with Crippen LogP contribution in [0.25, 0.3) is 0 Å². The fraction of sp³-hybridized carbons (Fsp3) is 0.364. The van der Waals surface area contributed by atoms with E-state index < -0.39 is 5.38 Å². The highest BCUT2D eigenvalue weighted by molar-refractivity contribution is 6.30. The summed E-state index contributed by atoms with van der Waals surface area (Å²) in [6.07, 6.45) is 0. The summed E-state index contributed by atoms with van der Waals surface area (Å²) in [5, 5.41) is -0.749. The Labute approximate surface area is 93.6 Å². The smallest absolute Gasteiger partial charge is 0.244 e. The maximum absolute atomic E-state index is 12.8. The molecule has 0 spiro atoms. The largest absolute Gasteiger partial charge is 0.347 e. The lowest BCUT2D eigenvalue weighted by Crippen LogP contribution is -2.25. The van der Waals surface area contributed by atoms with Crippen LogP contribution >= 0.6 is 11.6 Å². The number of alkyl halides is 1. The van der Waals surface area contributed by atoms with Crippen LogP contribution in [0.15, 0.2) is 18.2 Å². The molecule has 0 aliphatic heterocycles. The molecule has 0 N–H and O–H groups in total. The monoisotopic (exact) mass is 229 g/mol. The first-order valence-electron chi connectivity index (χ1n) is 4.54. The summed E-state index contributed by atoms with van der Waals surface area (Å²) in [7, 11) is 3.27. The Kier molecular flexibility index (Phi) is 3.69. The van der Waals surface area contributed by atoms with E-state index in [4.69, 9.17) is 11.6 Å². The Hall–Kier alpha value is -1.09. The van der Waals surface area contributed by atoms with Crippen LogP contribution < -0.4 is 0 Å². The maximum Gasteiger partial charge on any atom is 0.244 e. The van der Waals surface area contributed by atoms with Gasteiger partial charge >= 0.3 is 0 Å². The van der Waals surface area contributed by atoms with Gasteiger partial charge in [0.05, 0.1) is 0 Å². The Bertz CT molecular complexity index is 379. The minimum absolute atomic E-state index is 0.202. The number of amides is 1. The third kappa shape index (κ3) is 2.69. The molecule has 0 aliphatic rings. The van der Waals surface area contributed by atoms with Gasteiger partial charge in [-0.25, -0.2) is 4.39 Å². The molecule has 2 nitrogen and oxygen atoms in total. The number of halogens is 2. The number of aryl methyl sites for hydroxylation is 1. The van der Waals surface area contributed by atoms with Crippen LogP contribution in [0.2, 0.25) is 0 Å². The zero-order valence-corrected chi connectivity index (χ0v) is 9.68. The fourth-order valence-electron chi connectivity index (χ4n) is 1.28. The lowest BCUT2D eigenvalue weighted by molar-refractivity contribution is -0.128. The van der Waals surface area contributed by atoms with Crippen molar-refractivity contribution in [1.82, 2.24) is 4.90 Å². The quantitative estimate of drug-likeness (QED) is 0.714. The number of benzene rings is 1. The molecular formula is C11H13ClFNO. The summed E-state index contributed by atoms with van der Waals surface area (Å²) in [6, 6.07) is 4.22. The van der Waals surface area contributed by atoms with Gasteiger partial charge in [0.25, 0.3) is 0 Å². The van der Waals surface area contributed by atoms with Crippen molar-refractivity contribution in [3.63, 3.8) is 0 Å². The van der Waals surface area contributed by atoms with Gasteiger partial charge in [0.1, 0.15) is 11.2 Å². The van der Waals surface area contributed by atoms with Crippen LogP contribution in [-0.2, 0) is 4.79 Å². The molecule has 0 aromatic heterocycles. The summed E-state index contributed by atoms with van der Waals surface area (Å²) in [5.41, 5.74) is 1.34. The average molecular weight is 230 g/mol. The fourth-order valence-corrected chi connectivity index (χ4v) is 1.72. The van der Waals surface area contributed by atoms with E-state index in [1.54, 1.807) is 27.1 Å². The first kappa shape index (κ1) is 12.0. The molecule has 1 atom stereocenters. The van der Waals surface area contributed by atoms with Crippen molar-refractivity contribution < 1.29 is 9.18 Å². The Balaban J connectivity index is 3.01. The van der Waals surface area contributed by atoms with Gasteiger partial charge in [-0.1, -0.05) is 6.07 Å². The Morgan fingerprint density at radius 2 is 2.07 bits per heavy atom. The third-order valence-electron chi connectivity index (χ3n) is 2.16. The summed E-state index contributed by atoms with van der Waals surface area (Å²) in [5.74, 6) is -0.524. The molecule has 0 aliphatic carbocycles. The molecule has 1 rings (SSSR count). The molecule has 82 valence electrons. The van der Waals surface area contributed by atoms with Crippen molar-refractivity contribution in [3.8, 4) is 0 Å². The summed E-state index contributed by atoms with van der Waals surface area (Å²) >= 11 is 6.00. The molecular weight excluding hydrogens is 217 g/mol. The normalized spacial score (nSPS) is 12.3. The van der Waals surface area contributed by atoms with Crippen molar-refractivity contribution in [1.29, 1.82) is 0 Å². The van der Waals surface area contributed by atoms with E-state index in [1.165, 1.54) is 17.0 Å². The first-order valence-corrected chi connectivity index (χ1v) is 4.98. The standard InChI is InChI=1S/C11H13ClFNO/c1-7-6-8(13)4-5-9(7)10(12)11(15)14(2)3/h4-6,10H,1-3H3. The molecule has 4 heteroatoms. The molecule has 0 fully saturated rings. The van der Waals surface area contributed by atoms with E-state index in [0.29, 0.717) is 11.1 Å². The van der Waals surface area contributed by atoms with Crippen LogP contribution in [0.5, 0.6) is 0 Å². The van der Waals surface area contributed by atoms with Crippen molar-refractivity contribution >= 4 is 17.5 Å². The molecule has 15 heavy (non-hydrogen) atoms. The Morgan fingerprint density at radius 3 is 2.53 bits per heavy atom. The number of rotatable bonds is 2. The topological polar surface area (TPSA) is 20.3 Å². The zero-order valence-electron chi connectivity index (χ0n) is 8.92. The third-order valence-corrected chi connectivity index (χ3v) is 2.58. The first-order chi connectivity index (χ1) is 6.93. The predicted molar refractivity (Wildman–Crippen MR) is 58.4 cm³/mol. The Morgan fingerprint density at radius 1 is 1.47 bits per heavy atom. The lowest BCUT2D eigenvalue weighted by atomic mass is 10.0. The van der Waals surface area contributed by atoms with Gasteiger partial charge in [-0.15, -0.1) is 11.6 Å². The minimum Gasteiger partial charge on any atom is -0.347 e. The number of nitrogens with zero attached hydrogens (tertiary/aromatic N) is 1. The molecule has 1 aromatic rings. The highest BCUT2D eigenvalue weighted by Gasteiger charge is 2.20. The molecule has 0 bridgehead atoms. The molecule has 1 amide bonds. The average Bonchev–Trinajstić information content (AvgIpc) is 2.15. The van der Waals surface area contributed by atoms with Gasteiger partial charge in [-0.2, -0.15) is 0 Å². The SMILES string of the molecule is Cc1cc(F)ccc1C(Cl)C(=O)N(C)C. The maximum atomic E-state index is 12.8. The van der Waals surface area contributed by atoms with Gasteiger partial charge in [-0.05, 0) is 30.2 Å². The second-order valence-electron chi connectivity index (χ2n) is 3.60. The zero-order chi connectivity index (χ0) is 11.6. The van der Waals surface area contributed by atoms with E-state index in [9.17, 15) is 9.18 Å². The van der Waals surface area contributed by atoms with Gasteiger partial charge in [0.15, 0.2) is 0 Å². The number of likely N-dealkylation sites (N-methyl/N-ethyl adjacent to an activating group) is 1. The predicted octanol–water partition coefficient (Wildman–Crippen LogP) is 2.50. The van der Waals surface area contributed by atoms with Gasteiger partial charge in [0.2, 0.25) is 5.91 Å². The molecule has 0 saturated carbocycles. The van der Waals surface area contributed by atoms with E-state index >= 15 is 0 Å². The van der Waals surface area contributed by atoms with E-state index in [0.717, 1.165) is 0 Å². The lowest BCUT2D eigenvalue weighted by Gasteiger charge is -2.16.